The van der Waals surface area contributed by atoms with Crippen molar-refractivity contribution in [3.8, 4) is 11.5 Å². The summed E-state index contributed by atoms with van der Waals surface area (Å²) < 4.78 is 38.8. The third-order valence-electron chi connectivity index (χ3n) is 5.93. The number of hydrogen-bond acceptors (Lipinski definition) is 6. The average molecular weight is 799 g/mol. The van der Waals surface area contributed by atoms with Gasteiger partial charge in [-0.05, 0) is 54.6 Å². The highest BCUT2D eigenvalue weighted by Crippen LogP contribution is 2.24. The molecule has 0 aliphatic carbocycles. The molecular formula is C32H25Br2ClF2N2O8. The van der Waals surface area contributed by atoms with Crippen molar-refractivity contribution < 1.29 is 47.6 Å². The van der Waals surface area contributed by atoms with Gasteiger partial charge in [0.05, 0.1) is 11.1 Å². The first-order chi connectivity index (χ1) is 22.3. The van der Waals surface area contributed by atoms with Crippen LogP contribution in [0.25, 0.3) is 0 Å². The Labute approximate surface area is 288 Å². The van der Waals surface area contributed by atoms with Crippen LogP contribution in [0.4, 0.5) is 8.78 Å². The van der Waals surface area contributed by atoms with Crippen LogP contribution in [-0.4, -0.2) is 47.2 Å². The SMILES string of the molecule is O=C(O)COc1ccc(Cl)cc1C(=O)NCc1ccc(Br)cc1F.O=C(O)COc1ccccc1C(=O)NCc1ccc(Br)cc1F. The zero-order valence-corrected chi connectivity index (χ0v) is 28.0. The zero-order chi connectivity index (χ0) is 34.5. The molecule has 0 spiro atoms. The molecule has 0 fully saturated rings. The Kier molecular flexibility index (Phi) is 14.1. The maximum atomic E-state index is 13.8. The van der Waals surface area contributed by atoms with Crippen molar-refractivity contribution in [2.24, 2.45) is 0 Å². The minimum absolute atomic E-state index is 0.00517. The minimum atomic E-state index is -1.17. The molecule has 0 saturated carbocycles. The summed E-state index contributed by atoms with van der Waals surface area (Å²) in [5, 5.41) is 22.7. The van der Waals surface area contributed by atoms with Crippen LogP contribution in [0.15, 0.2) is 87.8 Å². The van der Waals surface area contributed by atoms with Gasteiger partial charge < -0.3 is 30.3 Å². The van der Waals surface area contributed by atoms with Crippen molar-refractivity contribution in [1.29, 1.82) is 0 Å². The van der Waals surface area contributed by atoms with Crippen molar-refractivity contribution in [3.63, 3.8) is 0 Å². The van der Waals surface area contributed by atoms with E-state index in [2.05, 4.69) is 42.5 Å². The number of aliphatic carboxylic acids is 2. The fourth-order valence-corrected chi connectivity index (χ4v) is 4.57. The van der Waals surface area contributed by atoms with Gasteiger partial charge in [-0.3, -0.25) is 9.59 Å². The number of rotatable bonds is 12. The average Bonchev–Trinajstić information content (AvgIpc) is 3.02. The van der Waals surface area contributed by atoms with Gasteiger partial charge in [-0.25, -0.2) is 18.4 Å². The number of carboxylic acids is 2. The van der Waals surface area contributed by atoms with Gasteiger partial charge in [0.15, 0.2) is 13.2 Å². The molecule has 2 amide bonds. The molecule has 246 valence electrons. The molecule has 0 aromatic heterocycles. The van der Waals surface area contributed by atoms with Crippen LogP contribution in [0.3, 0.4) is 0 Å². The maximum absolute atomic E-state index is 13.8. The highest BCUT2D eigenvalue weighted by molar-refractivity contribution is 9.10. The largest absolute Gasteiger partial charge is 0.481 e. The van der Waals surface area contributed by atoms with Crippen LogP contribution < -0.4 is 20.1 Å². The Morgan fingerprint density at radius 1 is 0.660 bits per heavy atom. The third kappa shape index (κ3) is 12.0. The van der Waals surface area contributed by atoms with E-state index in [1.54, 1.807) is 36.4 Å². The second kappa shape index (κ2) is 18.0. The third-order valence-corrected chi connectivity index (χ3v) is 7.15. The number of ether oxygens (including phenoxy) is 2. The number of halogens is 5. The summed E-state index contributed by atoms with van der Waals surface area (Å²) in [6.07, 6.45) is 0. The fourth-order valence-electron chi connectivity index (χ4n) is 3.74. The summed E-state index contributed by atoms with van der Waals surface area (Å²) in [6.45, 7) is -1.18. The van der Waals surface area contributed by atoms with E-state index in [9.17, 15) is 28.0 Å². The lowest BCUT2D eigenvalue weighted by Gasteiger charge is -2.11. The number of para-hydroxylation sites is 1. The first-order valence-corrected chi connectivity index (χ1v) is 15.3. The van der Waals surface area contributed by atoms with Gasteiger partial charge in [0.1, 0.15) is 23.1 Å². The summed E-state index contributed by atoms with van der Waals surface area (Å²) in [5.74, 6) is -4.01. The fraction of sp³-hybridized carbons (Fsp3) is 0.125. The molecule has 0 radical (unpaired) electrons. The van der Waals surface area contributed by atoms with Crippen LogP contribution in [0.5, 0.6) is 11.5 Å². The van der Waals surface area contributed by atoms with Crippen molar-refractivity contribution in [3.05, 3.63) is 127 Å². The van der Waals surface area contributed by atoms with Crippen LogP contribution in [0.2, 0.25) is 5.02 Å². The van der Waals surface area contributed by atoms with Crippen molar-refractivity contribution in [2.45, 2.75) is 13.1 Å². The highest BCUT2D eigenvalue weighted by Gasteiger charge is 2.16. The molecule has 4 aromatic rings. The molecule has 4 aromatic carbocycles. The Morgan fingerprint density at radius 3 is 1.62 bits per heavy atom. The molecule has 10 nitrogen and oxygen atoms in total. The van der Waals surface area contributed by atoms with Crippen LogP contribution in [-0.2, 0) is 22.7 Å². The molecule has 47 heavy (non-hydrogen) atoms. The monoisotopic (exact) mass is 796 g/mol. The zero-order valence-electron chi connectivity index (χ0n) is 24.1. The van der Waals surface area contributed by atoms with Crippen LogP contribution in [0, 0.1) is 11.6 Å². The van der Waals surface area contributed by atoms with Crippen molar-refractivity contribution in [1.82, 2.24) is 10.6 Å². The van der Waals surface area contributed by atoms with Gasteiger partial charge in [0, 0.05) is 38.2 Å². The number of carboxylic acid groups (broad SMARTS) is 2. The van der Waals surface area contributed by atoms with Crippen LogP contribution in [0.1, 0.15) is 31.8 Å². The molecule has 0 saturated heterocycles. The second-order valence-electron chi connectivity index (χ2n) is 9.34. The predicted molar refractivity (Wildman–Crippen MR) is 175 cm³/mol. The first kappa shape index (κ1) is 36.9. The summed E-state index contributed by atoms with van der Waals surface area (Å²) in [5.41, 5.74) is 0.902. The van der Waals surface area contributed by atoms with Gasteiger partial charge in [0.25, 0.3) is 11.8 Å². The summed E-state index contributed by atoms with van der Waals surface area (Å²) in [6, 6.07) is 19.5. The number of carbonyl (C=O) groups excluding carboxylic acids is 2. The number of amides is 2. The van der Waals surface area contributed by atoms with Gasteiger partial charge in [0.2, 0.25) is 0 Å². The molecule has 0 unspecified atom stereocenters. The Morgan fingerprint density at radius 2 is 1.13 bits per heavy atom. The second-order valence-corrected chi connectivity index (χ2v) is 11.6. The molecule has 0 heterocycles. The van der Waals surface area contributed by atoms with Gasteiger partial charge in [-0.15, -0.1) is 0 Å². The normalized spacial score (nSPS) is 10.2. The molecule has 0 aliphatic rings. The smallest absolute Gasteiger partial charge is 0.341 e. The predicted octanol–water partition coefficient (Wildman–Crippen LogP) is 6.62. The summed E-state index contributed by atoms with van der Waals surface area (Å²) in [7, 11) is 0. The van der Waals surface area contributed by atoms with E-state index in [0.29, 0.717) is 20.1 Å². The van der Waals surface area contributed by atoms with E-state index >= 15 is 0 Å². The first-order valence-electron chi connectivity index (χ1n) is 13.4. The number of nitrogens with one attached hydrogen (secondary N) is 2. The molecule has 4 rings (SSSR count). The minimum Gasteiger partial charge on any atom is -0.481 e. The lowest BCUT2D eigenvalue weighted by molar-refractivity contribution is -0.140. The number of hydrogen-bond donors (Lipinski definition) is 4. The van der Waals surface area contributed by atoms with E-state index < -0.39 is 48.6 Å². The molecule has 15 heteroatoms. The van der Waals surface area contributed by atoms with Gasteiger partial charge >= 0.3 is 11.9 Å². The van der Waals surface area contributed by atoms with Gasteiger partial charge in [-0.1, -0.05) is 67.7 Å². The number of carbonyl (C=O) groups is 4. The van der Waals surface area contributed by atoms with Crippen molar-refractivity contribution in [2.75, 3.05) is 13.2 Å². The van der Waals surface area contributed by atoms with E-state index in [1.807, 2.05) is 0 Å². The van der Waals surface area contributed by atoms with Gasteiger partial charge in [-0.2, -0.15) is 0 Å². The molecule has 0 aliphatic heterocycles. The Bertz CT molecular complexity index is 1780. The van der Waals surface area contributed by atoms with E-state index in [0.717, 1.165) is 0 Å². The molecule has 4 N–H and O–H groups in total. The quantitative estimate of drug-likeness (QED) is 0.125. The standard InChI is InChI=1S/C16H12BrClFNO4.C16H13BrFNO4/c17-10-2-1-9(13(19)5-10)7-20-16(23)12-6-11(18)3-4-14(12)24-8-15(21)22;17-11-6-5-10(13(18)7-11)8-19-16(22)12-3-1-2-4-14(12)23-9-15(20)21/h1-6H,7-8H2,(H,20,23)(H,21,22);1-7H,8-9H2,(H,19,22)(H,20,21). The topological polar surface area (TPSA) is 151 Å². The van der Waals surface area contributed by atoms with Crippen molar-refractivity contribution >= 4 is 67.2 Å². The van der Waals surface area contributed by atoms with E-state index in [4.69, 9.17) is 31.3 Å². The summed E-state index contributed by atoms with van der Waals surface area (Å²) in [4.78, 5) is 45.6. The van der Waals surface area contributed by atoms with Crippen LogP contribution >= 0.6 is 43.5 Å². The Hall–Kier alpha value is -4.53. The molecular weight excluding hydrogens is 774 g/mol. The highest BCUT2D eigenvalue weighted by atomic mass is 79.9. The van der Waals surface area contributed by atoms with E-state index in [1.165, 1.54) is 42.5 Å². The lowest BCUT2D eigenvalue weighted by Crippen LogP contribution is -2.24. The van der Waals surface area contributed by atoms with E-state index in [-0.39, 0.29) is 40.7 Å². The number of benzene rings is 4. The summed E-state index contributed by atoms with van der Waals surface area (Å²) >= 11 is 12.2. The molecule has 0 atom stereocenters. The Balaban J connectivity index is 0.000000256. The lowest BCUT2D eigenvalue weighted by atomic mass is 10.1. The molecule has 0 bridgehead atoms. The maximum Gasteiger partial charge on any atom is 0.341 e.